The standard InChI is InChI=1S/C15H21ClN2O2/c1-11-12(4-3-5-13(11)16)10-14(15(19)20)18-8-6-17(2)7-9-18/h3-5,14H,6-10H2,1-2H3,(H,19,20)/t14-/m1/s1. The first-order chi connectivity index (χ1) is 9.49. The average Bonchev–Trinajstić information content (AvgIpc) is 2.41. The lowest BCUT2D eigenvalue weighted by molar-refractivity contribution is -0.144. The van der Waals surface area contributed by atoms with E-state index in [-0.39, 0.29) is 0 Å². The van der Waals surface area contributed by atoms with Crippen molar-refractivity contribution in [3.8, 4) is 0 Å². The number of carboxylic acids is 1. The summed E-state index contributed by atoms with van der Waals surface area (Å²) in [4.78, 5) is 15.9. The van der Waals surface area contributed by atoms with Crippen molar-refractivity contribution < 1.29 is 9.90 Å². The smallest absolute Gasteiger partial charge is 0.321 e. The van der Waals surface area contributed by atoms with Crippen LogP contribution in [0.5, 0.6) is 0 Å². The number of hydrogen-bond donors (Lipinski definition) is 1. The lowest BCUT2D eigenvalue weighted by atomic mass is 9.99. The molecule has 5 heteroatoms. The minimum atomic E-state index is -0.756. The van der Waals surface area contributed by atoms with E-state index in [0.717, 1.165) is 37.3 Å². The van der Waals surface area contributed by atoms with Gasteiger partial charge in [0, 0.05) is 31.2 Å². The second kappa shape index (κ2) is 6.57. The third kappa shape index (κ3) is 3.51. The number of halogens is 1. The van der Waals surface area contributed by atoms with Gasteiger partial charge < -0.3 is 10.0 Å². The fourth-order valence-electron chi connectivity index (χ4n) is 2.59. The Morgan fingerprint density at radius 3 is 2.60 bits per heavy atom. The van der Waals surface area contributed by atoms with Crippen LogP contribution in [-0.2, 0) is 11.2 Å². The van der Waals surface area contributed by atoms with Gasteiger partial charge in [-0.3, -0.25) is 9.69 Å². The average molecular weight is 297 g/mol. The molecule has 1 heterocycles. The van der Waals surface area contributed by atoms with E-state index in [1.807, 2.05) is 25.1 Å². The van der Waals surface area contributed by atoms with Crippen LogP contribution < -0.4 is 0 Å². The molecule has 0 amide bonds. The Morgan fingerprint density at radius 1 is 1.35 bits per heavy atom. The van der Waals surface area contributed by atoms with Crippen molar-refractivity contribution >= 4 is 17.6 Å². The summed E-state index contributed by atoms with van der Waals surface area (Å²) in [7, 11) is 2.06. The molecule has 4 nitrogen and oxygen atoms in total. The highest BCUT2D eigenvalue weighted by molar-refractivity contribution is 6.31. The quantitative estimate of drug-likeness (QED) is 0.921. The molecule has 0 spiro atoms. The summed E-state index contributed by atoms with van der Waals surface area (Å²) >= 11 is 6.11. The van der Waals surface area contributed by atoms with Gasteiger partial charge in [-0.25, -0.2) is 0 Å². The zero-order valence-electron chi connectivity index (χ0n) is 12.0. The Bertz CT molecular complexity index is 485. The highest BCUT2D eigenvalue weighted by atomic mass is 35.5. The molecule has 0 aliphatic carbocycles. The normalized spacial score (nSPS) is 18.9. The van der Waals surface area contributed by atoms with Crippen molar-refractivity contribution in [3.63, 3.8) is 0 Å². The van der Waals surface area contributed by atoms with Gasteiger partial charge >= 0.3 is 5.97 Å². The summed E-state index contributed by atoms with van der Waals surface area (Å²) in [5.41, 5.74) is 2.00. The molecule has 1 fully saturated rings. The zero-order chi connectivity index (χ0) is 14.7. The van der Waals surface area contributed by atoms with E-state index in [2.05, 4.69) is 16.8 Å². The molecule has 0 unspecified atom stereocenters. The zero-order valence-corrected chi connectivity index (χ0v) is 12.7. The molecular formula is C15H21ClN2O2. The number of piperazine rings is 1. The lowest BCUT2D eigenvalue weighted by Crippen LogP contribution is -2.52. The molecule has 0 saturated carbocycles. The summed E-state index contributed by atoms with van der Waals surface area (Å²) < 4.78 is 0. The van der Waals surface area contributed by atoms with Gasteiger partial charge in [0.15, 0.2) is 0 Å². The first kappa shape index (κ1) is 15.3. The Labute approximate surface area is 124 Å². The molecule has 110 valence electrons. The number of aliphatic carboxylic acids is 1. The van der Waals surface area contributed by atoms with Crippen molar-refractivity contribution in [2.75, 3.05) is 33.2 Å². The summed E-state index contributed by atoms with van der Waals surface area (Å²) in [5, 5.41) is 10.2. The minimum Gasteiger partial charge on any atom is -0.480 e. The molecule has 1 saturated heterocycles. The van der Waals surface area contributed by atoms with Crippen LogP contribution in [0.25, 0.3) is 0 Å². The Hall–Kier alpha value is -1.10. The van der Waals surface area contributed by atoms with Gasteiger partial charge in [0.1, 0.15) is 6.04 Å². The van der Waals surface area contributed by atoms with Crippen molar-refractivity contribution in [1.82, 2.24) is 9.80 Å². The maximum Gasteiger partial charge on any atom is 0.321 e. The summed E-state index contributed by atoms with van der Waals surface area (Å²) in [6.45, 7) is 5.37. The number of rotatable bonds is 4. The molecule has 1 N–H and O–H groups in total. The molecule has 1 aromatic carbocycles. The molecular weight excluding hydrogens is 276 g/mol. The van der Waals surface area contributed by atoms with Crippen LogP contribution in [0, 0.1) is 6.92 Å². The largest absolute Gasteiger partial charge is 0.480 e. The van der Waals surface area contributed by atoms with E-state index >= 15 is 0 Å². The lowest BCUT2D eigenvalue weighted by Gasteiger charge is -2.36. The maximum absolute atomic E-state index is 11.6. The van der Waals surface area contributed by atoms with Crippen molar-refractivity contribution in [3.05, 3.63) is 34.3 Å². The van der Waals surface area contributed by atoms with Gasteiger partial charge in [0.25, 0.3) is 0 Å². The molecule has 1 aliphatic rings. The molecule has 1 aromatic rings. The van der Waals surface area contributed by atoms with Crippen LogP contribution in [0.3, 0.4) is 0 Å². The fourth-order valence-corrected chi connectivity index (χ4v) is 2.78. The van der Waals surface area contributed by atoms with E-state index in [0.29, 0.717) is 11.4 Å². The molecule has 0 radical (unpaired) electrons. The predicted octanol–water partition coefficient (Wildman–Crippen LogP) is 1.89. The number of benzene rings is 1. The van der Waals surface area contributed by atoms with Gasteiger partial charge in [-0.05, 0) is 37.6 Å². The Balaban J connectivity index is 2.13. The molecule has 1 atom stereocenters. The Morgan fingerprint density at radius 2 is 2.00 bits per heavy atom. The first-order valence-corrected chi connectivity index (χ1v) is 7.26. The van der Waals surface area contributed by atoms with Crippen molar-refractivity contribution in [1.29, 1.82) is 0 Å². The van der Waals surface area contributed by atoms with E-state index < -0.39 is 12.0 Å². The van der Waals surface area contributed by atoms with Crippen LogP contribution in [0.2, 0.25) is 5.02 Å². The van der Waals surface area contributed by atoms with Crippen LogP contribution >= 0.6 is 11.6 Å². The van der Waals surface area contributed by atoms with Gasteiger partial charge in [0.2, 0.25) is 0 Å². The Kier molecular flexibility index (Phi) is 5.02. The van der Waals surface area contributed by atoms with E-state index in [9.17, 15) is 9.90 Å². The van der Waals surface area contributed by atoms with E-state index in [1.165, 1.54) is 0 Å². The van der Waals surface area contributed by atoms with Crippen LogP contribution in [0.15, 0.2) is 18.2 Å². The first-order valence-electron chi connectivity index (χ1n) is 6.88. The van der Waals surface area contributed by atoms with Gasteiger partial charge in [0.05, 0.1) is 0 Å². The highest BCUT2D eigenvalue weighted by Crippen LogP contribution is 2.21. The van der Waals surface area contributed by atoms with E-state index in [1.54, 1.807) is 0 Å². The summed E-state index contributed by atoms with van der Waals surface area (Å²) in [5.74, 6) is -0.756. The maximum atomic E-state index is 11.6. The molecule has 20 heavy (non-hydrogen) atoms. The van der Waals surface area contributed by atoms with Crippen LogP contribution in [-0.4, -0.2) is 60.1 Å². The minimum absolute atomic E-state index is 0.471. The highest BCUT2D eigenvalue weighted by Gasteiger charge is 2.28. The monoisotopic (exact) mass is 296 g/mol. The SMILES string of the molecule is Cc1c(Cl)cccc1C[C@H](C(=O)O)N1CCN(C)CC1. The predicted molar refractivity (Wildman–Crippen MR) is 80.4 cm³/mol. The third-order valence-corrected chi connectivity index (χ3v) is 4.47. The summed E-state index contributed by atoms with van der Waals surface area (Å²) in [6.07, 6.45) is 0.505. The van der Waals surface area contributed by atoms with E-state index in [4.69, 9.17) is 11.6 Å². The number of hydrogen-bond acceptors (Lipinski definition) is 3. The summed E-state index contributed by atoms with van der Waals surface area (Å²) in [6, 6.07) is 5.22. The third-order valence-electron chi connectivity index (χ3n) is 4.06. The van der Waals surface area contributed by atoms with Gasteiger partial charge in [-0.2, -0.15) is 0 Å². The van der Waals surface area contributed by atoms with Crippen molar-refractivity contribution in [2.45, 2.75) is 19.4 Å². The second-order valence-corrected chi connectivity index (χ2v) is 5.83. The molecule has 0 aromatic heterocycles. The number of likely N-dealkylation sites (N-methyl/N-ethyl adjacent to an activating group) is 1. The van der Waals surface area contributed by atoms with Crippen LogP contribution in [0.4, 0.5) is 0 Å². The topological polar surface area (TPSA) is 43.8 Å². The fraction of sp³-hybridized carbons (Fsp3) is 0.533. The van der Waals surface area contributed by atoms with Gasteiger partial charge in [-0.15, -0.1) is 0 Å². The van der Waals surface area contributed by atoms with Crippen molar-refractivity contribution in [2.24, 2.45) is 0 Å². The second-order valence-electron chi connectivity index (χ2n) is 5.42. The number of carboxylic acid groups (broad SMARTS) is 1. The molecule has 0 bridgehead atoms. The van der Waals surface area contributed by atoms with Crippen LogP contribution in [0.1, 0.15) is 11.1 Å². The molecule has 2 rings (SSSR count). The number of carbonyl (C=O) groups is 1. The molecule has 1 aliphatic heterocycles. The number of nitrogens with zero attached hydrogens (tertiary/aromatic N) is 2. The van der Waals surface area contributed by atoms with Gasteiger partial charge in [-0.1, -0.05) is 23.7 Å².